The molecular weight excluding hydrogens is 482 g/mol. The summed E-state index contributed by atoms with van der Waals surface area (Å²) < 4.78 is 8.28. The number of carbonyl (C=O) groups excluding carboxylic acids is 2. The second kappa shape index (κ2) is 9.11. The number of halogens is 1. The topological polar surface area (TPSA) is 89.4 Å². The van der Waals surface area contributed by atoms with Gasteiger partial charge in [0.15, 0.2) is 17.6 Å². The van der Waals surface area contributed by atoms with Crippen LogP contribution in [0.1, 0.15) is 18.8 Å². The molecule has 31 heavy (non-hydrogen) atoms. The molecule has 2 amide bonds. The van der Waals surface area contributed by atoms with Crippen molar-refractivity contribution in [1.82, 2.24) is 14.8 Å². The zero-order chi connectivity index (χ0) is 22.0. The summed E-state index contributed by atoms with van der Waals surface area (Å²) >= 11 is 4.66. The normalized spacial score (nSPS) is 14.0. The minimum atomic E-state index is -0.346. The molecule has 4 rings (SSSR count). The number of amides is 2. The van der Waals surface area contributed by atoms with Crippen molar-refractivity contribution in [2.45, 2.75) is 18.1 Å². The SMILES string of the molecule is C[C@@H](c1nnc(SCC(=O)Nc2ccc(Br)cc2)n1C)N1C(=O)COc2ccccc21. The molecule has 0 spiro atoms. The molecule has 1 aliphatic rings. The highest BCUT2D eigenvalue weighted by Crippen LogP contribution is 2.37. The average molecular weight is 502 g/mol. The third-order valence-corrected chi connectivity index (χ3v) is 6.38. The van der Waals surface area contributed by atoms with E-state index in [4.69, 9.17) is 4.74 Å². The average Bonchev–Trinajstić information content (AvgIpc) is 3.14. The molecule has 1 aliphatic heterocycles. The van der Waals surface area contributed by atoms with Crippen LogP contribution in [0.15, 0.2) is 58.2 Å². The van der Waals surface area contributed by atoms with Gasteiger partial charge in [-0.3, -0.25) is 14.5 Å². The van der Waals surface area contributed by atoms with Gasteiger partial charge in [-0.05, 0) is 43.3 Å². The number of para-hydroxylation sites is 2. The Bertz CT molecular complexity index is 1120. The van der Waals surface area contributed by atoms with E-state index >= 15 is 0 Å². The molecule has 0 fully saturated rings. The van der Waals surface area contributed by atoms with Crippen molar-refractivity contribution in [3.05, 3.63) is 58.8 Å². The van der Waals surface area contributed by atoms with Gasteiger partial charge in [-0.15, -0.1) is 10.2 Å². The fourth-order valence-corrected chi connectivity index (χ4v) is 4.32. The number of hydrogen-bond acceptors (Lipinski definition) is 6. The maximum absolute atomic E-state index is 12.6. The van der Waals surface area contributed by atoms with Crippen molar-refractivity contribution >= 4 is 50.9 Å². The van der Waals surface area contributed by atoms with E-state index < -0.39 is 0 Å². The van der Waals surface area contributed by atoms with E-state index in [0.717, 1.165) is 10.2 Å². The van der Waals surface area contributed by atoms with Crippen LogP contribution < -0.4 is 15.0 Å². The number of anilines is 2. The molecule has 8 nitrogen and oxygen atoms in total. The van der Waals surface area contributed by atoms with Crippen LogP contribution in [0.3, 0.4) is 0 Å². The first kappa shape index (κ1) is 21.4. The Labute approximate surface area is 192 Å². The lowest BCUT2D eigenvalue weighted by molar-refractivity contribution is -0.121. The van der Waals surface area contributed by atoms with Gasteiger partial charge in [-0.1, -0.05) is 39.8 Å². The highest BCUT2D eigenvalue weighted by molar-refractivity contribution is 9.10. The first-order valence-electron chi connectivity index (χ1n) is 9.55. The standard InChI is InChI=1S/C21H20BrN5O3S/c1-13(27-16-5-3-4-6-17(16)30-11-19(27)29)20-24-25-21(26(20)2)31-12-18(28)23-15-9-7-14(22)8-10-15/h3-10,13H,11-12H2,1-2H3,(H,23,28)/t13-/m0/s1. The van der Waals surface area contributed by atoms with Crippen molar-refractivity contribution in [2.75, 3.05) is 22.6 Å². The summed E-state index contributed by atoms with van der Waals surface area (Å²) in [5.74, 6) is 1.20. The van der Waals surface area contributed by atoms with Gasteiger partial charge in [0, 0.05) is 17.2 Å². The van der Waals surface area contributed by atoms with Crippen molar-refractivity contribution < 1.29 is 14.3 Å². The van der Waals surface area contributed by atoms with E-state index in [2.05, 4.69) is 31.4 Å². The van der Waals surface area contributed by atoms with Crippen LogP contribution in [0.4, 0.5) is 11.4 Å². The van der Waals surface area contributed by atoms with Crippen LogP contribution in [0.2, 0.25) is 0 Å². The number of carbonyl (C=O) groups is 2. The molecule has 1 aromatic heterocycles. The number of thioether (sulfide) groups is 1. The maximum atomic E-state index is 12.6. The summed E-state index contributed by atoms with van der Waals surface area (Å²) in [6.07, 6.45) is 0. The fraction of sp³-hybridized carbons (Fsp3) is 0.238. The summed E-state index contributed by atoms with van der Waals surface area (Å²) in [7, 11) is 1.83. The van der Waals surface area contributed by atoms with E-state index in [0.29, 0.717) is 22.4 Å². The minimum Gasteiger partial charge on any atom is -0.482 e. The van der Waals surface area contributed by atoms with E-state index in [-0.39, 0.29) is 30.2 Å². The number of rotatable bonds is 6. The number of ether oxygens (including phenoxy) is 1. The Morgan fingerprint density at radius 1 is 1.23 bits per heavy atom. The number of nitrogens with one attached hydrogen (secondary N) is 1. The smallest absolute Gasteiger partial charge is 0.265 e. The molecule has 1 atom stereocenters. The van der Waals surface area contributed by atoms with E-state index in [1.807, 2.05) is 67.1 Å². The van der Waals surface area contributed by atoms with Gasteiger partial charge in [0.05, 0.1) is 17.5 Å². The monoisotopic (exact) mass is 501 g/mol. The van der Waals surface area contributed by atoms with Gasteiger partial charge in [0.1, 0.15) is 5.75 Å². The molecule has 1 N–H and O–H groups in total. The van der Waals surface area contributed by atoms with Gasteiger partial charge in [0.2, 0.25) is 5.91 Å². The Kier molecular flexibility index (Phi) is 6.28. The third-order valence-electron chi connectivity index (χ3n) is 4.83. The maximum Gasteiger partial charge on any atom is 0.265 e. The van der Waals surface area contributed by atoms with Crippen molar-refractivity contribution in [2.24, 2.45) is 7.05 Å². The molecule has 0 radical (unpaired) electrons. The number of nitrogens with zero attached hydrogens (tertiary/aromatic N) is 4. The van der Waals surface area contributed by atoms with Crippen LogP contribution >= 0.6 is 27.7 Å². The van der Waals surface area contributed by atoms with Gasteiger partial charge in [-0.25, -0.2) is 0 Å². The molecule has 0 unspecified atom stereocenters. The highest BCUT2D eigenvalue weighted by atomic mass is 79.9. The summed E-state index contributed by atoms with van der Waals surface area (Å²) in [4.78, 5) is 26.5. The zero-order valence-corrected chi connectivity index (χ0v) is 19.3. The number of aromatic nitrogens is 3. The predicted octanol–water partition coefficient (Wildman–Crippen LogP) is 3.80. The molecule has 10 heteroatoms. The van der Waals surface area contributed by atoms with Gasteiger partial charge in [0.25, 0.3) is 5.91 Å². The summed E-state index contributed by atoms with van der Waals surface area (Å²) in [5.41, 5.74) is 1.43. The first-order chi connectivity index (χ1) is 14.9. The highest BCUT2D eigenvalue weighted by Gasteiger charge is 2.32. The Balaban J connectivity index is 1.45. The molecule has 0 bridgehead atoms. The quantitative estimate of drug-likeness (QED) is 0.516. The number of fused-ring (bicyclic) bond motifs is 1. The third kappa shape index (κ3) is 4.59. The molecule has 160 valence electrons. The summed E-state index contributed by atoms with van der Waals surface area (Å²) in [5, 5.41) is 12.0. The van der Waals surface area contributed by atoms with Crippen LogP contribution in [0, 0.1) is 0 Å². The first-order valence-corrected chi connectivity index (χ1v) is 11.3. The fourth-order valence-electron chi connectivity index (χ4n) is 3.34. The van der Waals surface area contributed by atoms with Crippen LogP contribution in [-0.2, 0) is 16.6 Å². The van der Waals surface area contributed by atoms with Crippen molar-refractivity contribution in [3.8, 4) is 5.75 Å². The molecule has 2 aromatic carbocycles. The lowest BCUT2D eigenvalue weighted by atomic mass is 10.1. The second-order valence-corrected chi connectivity index (χ2v) is 8.80. The Morgan fingerprint density at radius 3 is 2.74 bits per heavy atom. The Hall–Kier alpha value is -2.85. The predicted molar refractivity (Wildman–Crippen MR) is 122 cm³/mol. The van der Waals surface area contributed by atoms with Crippen molar-refractivity contribution in [3.63, 3.8) is 0 Å². The molecule has 0 saturated heterocycles. The molecular formula is C21H20BrN5O3S. The van der Waals surface area contributed by atoms with E-state index in [9.17, 15) is 9.59 Å². The van der Waals surface area contributed by atoms with Gasteiger partial charge < -0.3 is 14.6 Å². The van der Waals surface area contributed by atoms with Crippen LogP contribution in [0.25, 0.3) is 0 Å². The zero-order valence-electron chi connectivity index (χ0n) is 16.9. The van der Waals surface area contributed by atoms with Gasteiger partial charge >= 0.3 is 0 Å². The van der Waals surface area contributed by atoms with Crippen molar-refractivity contribution in [1.29, 1.82) is 0 Å². The van der Waals surface area contributed by atoms with E-state index in [1.165, 1.54) is 11.8 Å². The summed E-state index contributed by atoms with van der Waals surface area (Å²) in [6, 6.07) is 14.5. The minimum absolute atomic E-state index is 0.0168. The molecule has 0 saturated carbocycles. The summed E-state index contributed by atoms with van der Waals surface area (Å²) in [6.45, 7) is 1.88. The number of hydrogen-bond donors (Lipinski definition) is 1. The Morgan fingerprint density at radius 2 is 1.97 bits per heavy atom. The molecule has 2 heterocycles. The van der Waals surface area contributed by atoms with Crippen LogP contribution in [-0.4, -0.2) is 38.9 Å². The lowest BCUT2D eigenvalue weighted by Crippen LogP contribution is -2.41. The van der Waals surface area contributed by atoms with Gasteiger partial charge in [-0.2, -0.15) is 0 Å². The second-order valence-electron chi connectivity index (χ2n) is 6.94. The molecule has 3 aromatic rings. The van der Waals surface area contributed by atoms with E-state index in [1.54, 1.807) is 4.90 Å². The lowest BCUT2D eigenvalue weighted by Gasteiger charge is -2.33. The van der Waals surface area contributed by atoms with Crippen LogP contribution in [0.5, 0.6) is 5.75 Å². The largest absolute Gasteiger partial charge is 0.482 e. The number of benzene rings is 2. The molecule has 0 aliphatic carbocycles.